The Balaban J connectivity index is 0.000000561. The van der Waals surface area contributed by atoms with Gasteiger partial charge in [-0.25, -0.2) is 0 Å². The summed E-state index contributed by atoms with van der Waals surface area (Å²) < 4.78 is 0. The fourth-order valence-corrected chi connectivity index (χ4v) is 1.43. The summed E-state index contributed by atoms with van der Waals surface area (Å²) in [6, 6.07) is 0. The molecular formula is C10H21NO. The summed E-state index contributed by atoms with van der Waals surface area (Å²) in [7, 11) is 0. The van der Waals surface area contributed by atoms with Gasteiger partial charge in [-0.05, 0) is 18.8 Å². The van der Waals surface area contributed by atoms with Crippen molar-refractivity contribution in [3.63, 3.8) is 0 Å². The molecule has 0 aromatic rings. The molecule has 72 valence electrons. The summed E-state index contributed by atoms with van der Waals surface area (Å²) in [5.74, 6) is 1.02. The lowest BCUT2D eigenvalue weighted by molar-refractivity contribution is -0.128. The third-order valence-corrected chi connectivity index (χ3v) is 2.13. The van der Waals surface area contributed by atoms with Crippen molar-refractivity contribution in [2.24, 2.45) is 11.8 Å². The van der Waals surface area contributed by atoms with E-state index in [2.05, 4.69) is 19.2 Å². The Morgan fingerprint density at radius 1 is 1.42 bits per heavy atom. The molecule has 1 saturated heterocycles. The summed E-state index contributed by atoms with van der Waals surface area (Å²) in [5.41, 5.74) is 0. The highest BCUT2D eigenvalue weighted by molar-refractivity contribution is 5.79. The number of carbonyl (C=O) groups is 1. The average Bonchev–Trinajstić information content (AvgIpc) is 2.08. The predicted octanol–water partition coefficient (Wildman–Crippen LogP) is 2.19. The molecule has 12 heavy (non-hydrogen) atoms. The molecule has 1 heterocycles. The molecule has 0 radical (unpaired) electrons. The van der Waals surface area contributed by atoms with E-state index >= 15 is 0 Å². The number of piperidine rings is 1. The molecule has 1 aliphatic rings. The van der Waals surface area contributed by atoms with Crippen molar-refractivity contribution in [2.45, 2.75) is 40.5 Å². The largest absolute Gasteiger partial charge is 0.356 e. The summed E-state index contributed by atoms with van der Waals surface area (Å²) in [6.45, 7) is 9.09. The minimum atomic E-state index is 0.251. The van der Waals surface area contributed by atoms with E-state index in [1.807, 2.05) is 13.8 Å². The Kier molecular flexibility index (Phi) is 5.77. The maximum absolute atomic E-state index is 11.1. The Labute approximate surface area is 75.7 Å². The first-order valence-electron chi connectivity index (χ1n) is 4.99. The molecule has 1 N–H and O–H groups in total. The molecule has 2 heteroatoms. The standard InChI is InChI=1S/C8H15NO.C2H6/c1-6(2)7-4-3-5-9-8(7)10;1-2/h6-7H,3-5H2,1-2H3,(H,9,10);1-2H3/t7-;/m0./s1. The van der Waals surface area contributed by atoms with Crippen LogP contribution < -0.4 is 5.32 Å². The van der Waals surface area contributed by atoms with E-state index in [-0.39, 0.29) is 11.8 Å². The van der Waals surface area contributed by atoms with Crippen LogP contribution >= 0.6 is 0 Å². The van der Waals surface area contributed by atoms with Gasteiger partial charge in [0.15, 0.2) is 0 Å². The molecule has 1 rings (SSSR count). The van der Waals surface area contributed by atoms with Gasteiger partial charge in [0.1, 0.15) is 0 Å². The molecule has 1 amide bonds. The van der Waals surface area contributed by atoms with Gasteiger partial charge in [-0.15, -0.1) is 0 Å². The van der Waals surface area contributed by atoms with E-state index in [9.17, 15) is 4.79 Å². The van der Waals surface area contributed by atoms with E-state index in [1.54, 1.807) is 0 Å². The quantitative estimate of drug-likeness (QED) is 0.644. The molecule has 1 atom stereocenters. The zero-order valence-electron chi connectivity index (χ0n) is 8.68. The van der Waals surface area contributed by atoms with Crippen LogP contribution in [0.1, 0.15) is 40.5 Å². The van der Waals surface area contributed by atoms with Crippen LogP contribution in [0.3, 0.4) is 0 Å². The lowest BCUT2D eigenvalue weighted by Gasteiger charge is -2.24. The van der Waals surface area contributed by atoms with E-state index in [4.69, 9.17) is 0 Å². The molecule has 1 aliphatic heterocycles. The van der Waals surface area contributed by atoms with Gasteiger partial charge in [0.25, 0.3) is 0 Å². The Morgan fingerprint density at radius 2 is 2.00 bits per heavy atom. The lowest BCUT2D eigenvalue weighted by Crippen LogP contribution is -2.38. The van der Waals surface area contributed by atoms with Crippen molar-refractivity contribution < 1.29 is 4.79 Å². The number of hydrogen-bond acceptors (Lipinski definition) is 1. The fourth-order valence-electron chi connectivity index (χ4n) is 1.43. The molecule has 0 unspecified atom stereocenters. The van der Waals surface area contributed by atoms with Crippen LogP contribution in [0, 0.1) is 11.8 Å². The molecule has 0 aromatic carbocycles. The Morgan fingerprint density at radius 3 is 2.33 bits per heavy atom. The molecule has 0 bridgehead atoms. The van der Waals surface area contributed by atoms with Crippen LogP contribution in [0.2, 0.25) is 0 Å². The summed E-state index contributed by atoms with van der Waals surface area (Å²) in [4.78, 5) is 11.1. The van der Waals surface area contributed by atoms with Gasteiger partial charge >= 0.3 is 0 Å². The Bertz CT molecular complexity index is 132. The number of carbonyl (C=O) groups excluding carboxylic acids is 1. The molecule has 0 spiro atoms. The first-order chi connectivity index (χ1) is 5.72. The number of rotatable bonds is 1. The molecule has 0 aromatic heterocycles. The minimum Gasteiger partial charge on any atom is -0.356 e. The summed E-state index contributed by atoms with van der Waals surface area (Å²) >= 11 is 0. The van der Waals surface area contributed by atoms with Crippen LogP contribution in [-0.4, -0.2) is 12.5 Å². The van der Waals surface area contributed by atoms with Crippen LogP contribution in [-0.2, 0) is 4.79 Å². The van der Waals surface area contributed by atoms with Crippen LogP contribution in [0.25, 0.3) is 0 Å². The molecule has 0 aliphatic carbocycles. The van der Waals surface area contributed by atoms with Crippen molar-refractivity contribution in [3.8, 4) is 0 Å². The molecule has 2 nitrogen and oxygen atoms in total. The summed E-state index contributed by atoms with van der Waals surface area (Å²) in [6.07, 6.45) is 2.22. The van der Waals surface area contributed by atoms with Crippen molar-refractivity contribution in [2.75, 3.05) is 6.54 Å². The number of hydrogen-bond donors (Lipinski definition) is 1. The van der Waals surface area contributed by atoms with E-state index < -0.39 is 0 Å². The van der Waals surface area contributed by atoms with Gasteiger partial charge in [0.05, 0.1) is 0 Å². The highest BCUT2D eigenvalue weighted by Crippen LogP contribution is 2.19. The Hall–Kier alpha value is -0.530. The first kappa shape index (κ1) is 11.5. The highest BCUT2D eigenvalue weighted by atomic mass is 16.1. The van der Waals surface area contributed by atoms with Gasteiger partial charge in [0, 0.05) is 12.5 Å². The molecule has 0 saturated carbocycles. The zero-order valence-corrected chi connectivity index (χ0v) is 8.68. The maximum Gasteiger partial charge on any atom is 0.223 e. The van der Waals surface area contributed by atoms with Crippen molar-refractivity contribution in [1.82, 2.24) is 5.32 Å². The average molecular weight is 171 g/mol. The van der Waals surface area contributed by atoms with Crippen LogP contribution in [0.15, 0.2) is 0 Å². The smallest absolute Gasteiger partial charge is 0.223 e. The van der Waals surface area contributed by atoms with Crippen LogP contribution in [0.4, 0.5) is 0 Å². The van der Waals surface area contributed by atoms with E-state index in [1.165, 1.54) is 0 Å². The zero-order chi connectivity index (χ0) is 9.56. The van der Waals surface area contributed by atoms with E-state index in [0.29, 0.717) is 5.92 Å². The topological polar surface area (TPSA) is 29.1 Å². The minimum absolute atomic E-state index is 0.251. The highest BCUT2D eigenvalue weighted by Gasteiger charge is 2.24. The second kappa shape index (κ2) is 6.04. The van der Waals surface area contributed by atoms with Gasteiger partial charge < -0.3 is 5.32 Å². The van der Waals surface area contributed by atoms with Gasteiger partial charge in [-0.3, -0.25) is 4.79 Å². The van der Waals surface area contributed by atoms with Crippen molar-refractivity contribution in [1.29, 1.82) is 0 Å². The van der Waals surface area contributed by atoms with Gasteiger partial charge in [-0.2, -0.15) is 0 Å². The lowest BCUT2D eigenvalue weighted by atomic mass is 9.88. The maximum atomic E-state index is 11.1. The number of amides is 1. The van der Waals surface area contributed by atoms with Crippen molar-refractivity contribution >= 4 is 5.91 Å². The predicted molar refractivity (Wildman–Crippen MR) is 51.9 cm³/mol. The summed E-state index contributed by atoms with van der Waals surface area (Å²) in [5, 5.41) is 2.87. The second-order valence-electron chi connectivity index (χ2n) is 3.28. The monoisotopic (exact) mass is 171 g/mol. The van der Waals surface area contributed by atoms with Gasteiger partial charge in [-0.1, -0.05) is 27.7 Å². The molecular weight excluding hydrogens is 150 g/mol. The van der Waals surface area contributed by atoms with E-state index in [0.717, 1.165) is 19.4 Å². The normalized spacial score (nSPS) is 22.8. The SMILES string of the molecule is CC.CC(C)[C@@H]1CCCNC1=O. The first-order valence-corrected chi connectivity index (χ1v) is 4.99. The fraction of sp³-hybridized carbons (Fsp3) is 0.900. The van der Waals surface area contributed by atoms with Gasteiger partial charge in [0.2, 0.25) is 5.91 Å². The third-order valence-electron chi connectivity index (χ3n) is 2.13. The number of nitrogens with one attached hydrogen (secondary N) is 1. The van der Waals surface area contributed by atoms with Crippen LogP contribution in [0.5, 0.6) is 0 Å². The second-order valence-corrected chi connectivity index (χ2v) is 3.28. The third kappa shape index (κ3) is 3.24. The molecule has 1 fully saturated rings. The van der Waals surface area contributed by atoms with Crippen molar-refractivity contribution in [3.05, 3.63) is 0 Å².